The third-order valence-electron chi connectivity index (χ3n) is 2.47. The van der Waals surface area contributed by atoms with Gasteiger partial charge in [0.15, 0.2) is 0 Å². The number of hydrogen-bond donors (Lipinski definition) is 3. The molecule has 0 aromatic heterocycles. The maximum atomic E-state index is 11.6. The highest BCUT2D eigenvalue weighted by molar-refractivity contribution is 5.89. The van der Waals surface area contributed by atoms with Crippen molar-refractivity contribution in [2.45, 2.75) is 13.8 Å². The van der Waals surface area contributed by atoms with Crippen LogP contribution in [-0.4, -0.2) is 26.2 Å². The average molecular weight is 235 g/mol. The number of amides is 2. The summed E-state index contributed by atoms with van der Waals surface area (Å²) in [4.78, 5) is 11.6. The number of nitrogens with one attached hydrogen (secondary N) is 3. The van der Waals surface area contributed by atoms with E-state index in [1.807, 2.05) is 38.2 Å². The van der Waals surface area contributed by atoms with Gasteiger partial charge in [0.25, 0.3) is 0 Å². The van der Waals surface area contributed by atoms with Gasteiger partial charge in [0, 0.05) is 12.2 Å². The molecule has 0 saturated heterocycles. The molecule has 0 bridgehead atoms. The molecule has 1 unspecified atom stereocenters. The van der Waals surface area contributed by atoms with E-state index in [0.29, 0.717) is 12.5 Å². The molecule has 17 heavy (non-hydrogen) atoms. The first-order valence-electron chi connectivity index (χ1n) is 5.88. The summed E-state index contributed by atoms with van der Waals surface area (Å²) >= 11 is 0. The maximum Gasteiger partial charge on any atom is 0.319 e. The van der Waals surface area contributed by atoms with Gasteiger partial charge in [-0.1, -0.05) is 24.6 Å². The van der Waals surface area contributed by atoms with Crippen LogP contribution in [0, 0.1) is 12.8 Å². The Bertz CT molecular complexity index is 348. The highest BCUT2D eigenvalue weighted by atomic mass is 16.2. The van der Waals surface area contributed by atoms with E-state index in [0.717, 1.165) is 12.2 Å². The van der Waals surface area contributed by atoms with Crippen LogP contribution in [0.3, 0.4) is 0 Å². The van der Waals surface area contributed by atoms with Crippen molar-refractivity contribution in [2.75, 3.05) is 25.5 Å². The molecule has 1 rings (SSSR count). The van der Waals surface area contributed by atoms with Gasteiger partial charge in [0.2, 0.25) is 0 Å². The molecule has 0 heterocycles. The lowest BCUT2D eigenvalue weighted by Gasteiger charge is -2.12. The Morgan fingerprint density at radius 3 is 2.47 bits per heavy atom. The fourth-order valence-corrected chi connectivity index (χ4v) is 1.50. The number of carbonyl (C=O) groups is 1. The summed E-state index contributed by atoms with van der Waals surface area (Å²) in [5.74, 6) is 0.420. The number of benzene rings is 1. The molecular weight excluding hydrogens is 214 g/mol. The van der Waals surface area contributed by atoms with Crippen LogP contribution in [0.4, 0.5) is 10.5 Å². The van der Waals surface area contributed by atoms with Crippen molar-refractivity contribution < 1.29 is 4.79 Å². The molecule has 0 radical (unpaired) electrons. The summed E-state index contributed by atoms with van der Waals surface area (Å²) < 4.78 is 0. The number of rotatable bonds is 5. The van der Waals surface area contributed by atoms with E-state index in [-0.39, 0.29) is 6.03 Å². The van der Waals surface area contributed by atoms with Crippen LogP contribution in [0.25, 0.3) is 0 Å². The molecule has 1 atom stereocenters. The van der Waals surface area contributed by atoms with Gasteiger partial charge in [-0.25, -0.2) is 4.79 Å². The van der Waals surface area contributed by atoms with E-state index in [1.54, 1.807) is 0 Å². The van der Waals surface area contributed by atoms with E-state index in [9.17, 15) is 4.79 Å². The van der Waals surface area contributed by atoms with Crippen LogP contribution >= 0.6 is 0 Å². The van der Waals surface area contributed by atoms with E-state index in [4.69, 9.17) is 0 Å². The zero-order chi connectivity index (χ0) is 12.7. The zero-order valence-electron chi connectivity index (χ0n) is 10.7. The molecule has 2 amide bonds. The Kier molecular flexibility index (Phi) is 5.49. The number of carbonyl (C=O) groups excluding carboxylic acids is 1. The average Bonchev–Trinajstić information content (AvgIpc) is 2.30. The van der Waals surface area contributed by atoms with Gasteiger partial charge < -0.3 is 16.0 Å². The van der Waals surface area contributed by atoms with Crippen molar-refractivity contribution >= 4 is 11.7 Å². The molecule has 4 nitrogen and oxygen atoms in total. The van der Waals surface area contributed by atoms with Crippen LogP contribution in [0.1, 0.15) is 12.5 Å². The normalized spacial score (nSPS) is 11.9. The summed E-state index contributed by atoms with van der Waals surface area (Å²) in [5.41, 5.74) is 1.99. The summed E-state index contributed by atoms with van der Waals surface area (Å²) in [6, 6.07) is 7.58. The Balaban J connectivity index is 2.32. The second-order valence-electron chi connectivity index (χ2n) is 4.36. The van der Waals surface area contributed by atoms with E-state index < -0.39 is 0 Å². The van der Waals surface area contributed by atoms with Gasteiger partial charge in [-0.05, 0) is 38.6 Å². The van der Waals surface area contributed by atoms with Gasteiger partial charge in [-0.3, -0.25) is 0 Å². The smallest absolute Gasteiger partial charge is 0.319 e. The fourth-order valence-electron chi connectivity index (χ4n) is 1.50. The molecule has 0 spiro atoms. The molecule has 0 aliphatic heterocycles. The summed E-state index contributed by atoms with van der Waals surface area (Å²) in [6.45, 7) is 5.66. The minimum atomic E-state index is -0.156. The van der Waals surface area contributed by atoms with Crippen molar-refractivity contribution in [3.63, 3.8) is 0 Å². The first-order valence-corrected chi connectivity index (χ1v) is 5.88. The van der Waals surface area contributed by atoms with Crippen molar-refractivity contribution in [1.82, 2.24) is 10.6 Å². The Hall–Kier alpha value is -1.55. The number of urea groups is 1. The third-order valence-corrected chi connectivity index (χ3v) is 2.47. The predicted molar refractivity (Wildman–Crippen MR) is 71.3 cm³/mol. The molecule has 0 aliphatic carbocycles. The molecule has 0 fully saturated rings. The lowest BCUT2D eigenvalue weighted by molar-refractivity contribution is 0.250. The second kappa shape index (κ2) is 6.91. The van der Waals surface area contributed by atoms with Crippen LogP contribution in [-0.2, 0) is 0 Å². The zero-order valence-corrected chi connectivity index (χ0v) is 10.7. The highest BCUT2D eigenvalue weighted by Gasteiger charge is 2.04. The van der Waals surface area contributed by atoms with Gasteiger partial charge >= 0.3 is 6.03 Å². The fraction of sp³-hybridized carbons (Fsp3) is 0.462. The van der Waals surface area contributed by atoms with E-state index >= 15 is 0 Å². The maximum absolute atomic E-state index is 11.6. The SMILES string of the molecule is CNCC(C)CNC(=O)Nc1ccc(C)cc1. The lowest BCUT2D eigenvalue weighted by Crippen LogP contribution is -2.35. The molecular formula is C13H21N3O. The Morgan fingerprint density at radius 1 is 1.24 bits per heavy atom. The molecule has 3 N–H and O–H groups in total. The van der Waals surface area contributed by atoms with E-state index in [1.165, 1.54) is 5.56 Å². The topological polar surface area (TPSA) is 53.2 Å². The highest BCUT2D eigenvalue weighted by Crippen LogP contribution is 2.07. The standard InChI is InChI=1S/C13H21N3O/c1-10-4-6-12(7-5-10)16-13(17)15-9-11(2)8-14-3/h4-7,11,14H,8-9H2,1-3H3,(H2,15,16,17). The van der Waals surface area contributed by atoms with Crippen molar-refractivity contribution in [3.05, 3.63) is 29.8 Å². The van der Waals surface area contributed by atoms with Gasteiger partial charge in [-0.2, -0.15) is 0 Å². The first-order chi connectivity index (χ1) is 8.11. The number of anilines is 1. The third kappa shape index (κ3) is 5.36. The van der Waals surface area contributed by atoms with Crippen LogP contribution in [0.15, 0.2) is 24.3 Å². The van der Waals surface area contributed by atoms with Crippen molar-refractivity contribution in [1.29, 1.82) is 0 Å². The molecule has 4 heteroatoms. The summed E-state index contributed by atoms with van der Waals surface area (Å²) in [5, 5.41) is 8.71. The van der Waals surface area contributed by atoms with Gasteiger partial charge in [0.05, 0.1) is 0 Å². The van der Waals surface area contributed by atoms with Gasteiger partial charge in [-0.15, -0.1) is 0 Å². The molecule has 94 valence electrons. The molecule has 0 aliphatic rings. The second-order valence-corrected chi connectivity index (χ2v) is 4.36. The molecule has 0 saturated carbocycles. The van der Waals surface area contributed by atoms with Crippen molar-refractivity contribution in [3.8, 4) is 0 Å². The van der Waals surface area contributed by atoms with Crippen LogP contribution in [0.5, 0.6) is 0 Å². The Morgan fingerprint density at radius 2 is 1.88 bits per heavy atom. The predicted octanol–water partition coefficient (Wildman–Crippen LogP) is 1.97. The summed E-state index contributed by atoms with van der Waals surface area (Å²) in [6.07, 6.45) is 0. The number of aryl methyl sites for hydroxylation is 1. The lowest BCUT2D eigenvalue weighted by atomic mass is 10.2. The van der Waals surface area contributed by atoms with Crippen LogP contribution in [0.2, 0.25) is 0 Å². The number of hydrogen-bond acceptors (Lipinski definition) is 2. The first kappa shape index (κ1) is 13.5. The largest absolute Gasteiger partial charge is 0.338 e. The minimum Gasteiger partial charge on any atom is -0.338 e. The Labute approximate surface area is 103 Å². The van der Waals surface area contributed by atoms with Gasteiger partial charge in [0.1, 0.15) is 0 Å². The quantitative estimate of drug-likeness (QED) is 0.731. The molecule has 1 aromatic rings. The van der Waals surface area contributed by atoms with E-state index in [2.05, 4.69) is 22.9 Å². The van der Waals surface area contributed by atoms with Crippen molar-refractivity contribution in [2.24, 2.45) is 5.92 Å². The van der Waals surface area contributed by atoms with Crippen LogP contribution < -0.4 is 16.0 Å². The monoisotopic (exact) mass is 235 g/mol. The summed E-state index contributed by atoms with van der Waals surface area (Å²) in [7, 11) is 1.91. The minimum absolute atomic E-state index is 0.156. The molecule has 1 aromatic carbocycles.